The van der Waals surface area contributed by atoms with E-state index >= 15 is 0 Å². The minimum Gasteiger partial charge on any atom is -0.473 e. The number of ether oxygens (including phenoxy) is 2. The van der Waals surface area contributed by atoms with Crippen molar-refractivity contribution in [2.24, 2.45) is 7.05 Å². The summed E-state index contributed by atoms with van der Waals surface area (Å²) in [6.07, 6.45) is 6.86. The van der Waals surface area contributed by atoms with Crippen molar-refractivity contribution in [3.8, 4) is 5.88 Å². The third-order valence-corrected chi connectivity index (χ3v) is 6.54. The van der Waals surface area contributed by atoms with E-state index in [0.717, 1.165) is 49.7 Å². The van der Waals surface area contributed by atoms with Crippen molar-refractivity contribution < 1.29 is 18.7 Å². The Bertz CT molecular complexity index is 1220. The van der Waals surface area contributed by atoms with Crippen LogP contribution in [0.2, 0.25) is 5.02 Å². The smallest absolute Gasteiger partial charge is 0.330 e. The Morgan fingerprint density at radius 2 is 2.06 bits per heavy atom. The zero-order valence-electron chi connectivity index (χ0n) is 20.5. The van der Waals surface area contributed by atoms with Gasteiger partial charge in [0.1, 0.15) is 18.2 Å². The van der Waals surface area contributed by atoms with Crippen molar-refractivity contribution in [2.45, 2.75) is 38.8 Å². The van der Waals surface area contributed by atoms with Crippen LogP contribution in [0, 0.1) is 5.82 Å². The zero-order valence-corrected chi connectivity index (χ0v) is 21.2. The van der Waals surface area contributed by atoms with Crippen LogP contribution in [0.25, 0.3) is 6.08 Å². The first-order chi connectivity index (χ1) is 17.4. The minimum atomic E-state index is -0.388. The summed E-state index contributed by atoms with van der Waals surface area (Å²) in [5, 5.41) is 0.358. The quantitative estimate of drug-likeness (QED) is 0.292. The summed E-state index contributed by atoms with van der Waals surface area (Å²) in [7, 11) is 1.95. The Hall–Kier alpha value is -3.23. The van der Waals surface area contributed by atoms with Crippen molar-refractivity contribution >= 4 is 23.6 Å². The highest BCUT2D eigenvalue weighted by atomic mass is 35.5. The molecule has 36 heavy (non-hydrogen) atoms. The Labute approximate surface area is 215 Å². The van der Waals surface area contributed by atoms with E-state index in [1.165, 1.54) is 12.1 Å². The van der Waals surface area contributed by atoms with E-state index in [1.54, 1.807) is 37.4 Å². The number of carbonyl (C=O) groups is 1. The van der Waals surface area contributed by atoms with Gasteiger partial charge >= 0.3 is 5.97 Å². The predicted octanol–water partition coefficient (Wildman–Crippen LogP) is 5.14. The Balaban J connectivity index is 1.30. The molecule has 0 spiro atoms. The van der Waals surface area contributed by atoms with Crippen LogP contribution in [0.4, 0.5) is 4.39 Å². The van der Waals surface area contributed by atoms with E-state index in [1.807, 2.05) is 23.7 Å². The monoisotopic (exact) mass is 512 g/mol. The van der Waals surface area contributed by atoms with Gasteiger partial charge in [0.25, 0.3) is 0 Å². The van der Waals surface area contributed by atoms with Gasteiger partial charge in [0, 0.05) is 41.4 Å². The van der Waals surface area contributed by atoms with E-state index < -0.39 is 0 Å². The highest BCUT2D eigenvalue weighted by Gasteiger charge is 2.23. The lowest BCUT2D eigenvalue weighted by atomic mass is 9.93. The van der Waals surface area contributed by atoms with Crippen molar-refractivity contribution in [3.05, 3.63) is 82.3 Å². The first kappa shape index (κ1) is 25.9. The summed E-state index contributed by atoms with van der Waals surface area (Å²) in [5.41, 5.74) is 2.29. The van der Waals surface area contributed by atoms with Gasteiger partial charge in [-0.15, -0.1) is 0 Å². The highest BCUT2D eigenvalue weighted by molar-refractivity contribution is 6.30. The zero-order chi connectivity index (χ0) is 25.5. The summed E-state index contributed by atoms with van der Waals surface area (Å²) in [6, 6.07) is 10.3. The molecular weight excluding hydrogens is 483 g/mol. The van der Waals surface area contributed by atoms with Crippen LogP contribution in [0.5, 0.6) is 5.88 Å². The van der Waals surface area contributed by atoms with Crippen LogP contribution in [0.1, 0.15) is 48.5 Å². The lowest BCUT2D eigenvalue weighted by Gasteiger charge is -2.31. The second-order valence-electron chi connectivity index (χ2n) is 8.72. The van der Waals surface area contributed by atoms with Crippen LogP contribution < -0.4 is 4.74 Å². The second-order valence-corrected chi connectivity index (χ2v) is 9.16. The van der Waals surface area contributed by atoms with Gasteiger partial charge in [-0.2, -0.15) is 0 Å². The molecule has 2 aromatic heterocycles. The normalized spacial score (nSPS) is 14.9. The van der Waals surface area contributed by atoms with E-state index in [2.05, 4.69) is 14.9 Å². The molecule has 0 radical (unpaired) electrons. The van der Waals surface area contributed by atoms with Gasteiger partial charge in [-0.05, 0) is 57.1 Å². The van der Waals surface area contributed by atoms with Crippen LogP contribution >= 0.6 is 11.6 Å². The Kier molecular flexibility index (Phi) is 8.72. The van der Waals surface area contributed by atoms with Crippen LogP contribution in [0.15, 0.2) is 48.7 Å². The van der Waals surface area contributed by atoms with Gasteiger partial charge in [-0.1, -0.05) is 23.7 Å². The number of rotatable bonds is 9. The molecule has 4 rings (SSSR count). The lowest BCUT2D eigenvalue weighted by molar-refractivity contribution is -0.137. The Morgan fingerprint density at radius 1 is 1.25 bits per heavy atom. The van der Waals surface area contributed by atoms with Gasteiger partial charge in [0.05, 0.1) is 25.0 Å². The number of carbonyl (C=O) groups excluding carboxylic acids is 1. The number of aromatic nitrogens is 3. The van der Waals surface area contributed by atoms with Gasteiger partial charge in [-0.25, -0.2) is 19.2 Å². The molecule has 0 amide bonds. The SMILES string of the molecule is CCOC(=O)/C=C/c1cnc(CN2CCC(c3cccc(OCc4ccc(Cl)cc4F)n3)CC2)n1C. The van der Waals surface area contributed by atoms with Gasteiger partial charge in [0.2, 0.25) is 5.88 Å². The Morgan fingerprint density at radius 3 is 2.81 bits per heavy atom. The number of nitrogens with zero attached hydrogens (tertiary/aromatic N) is 4. The number of halogens is 2. The first-order valence-electron chi connectivity index (χ1n) is 12.0. The van der Waals surface area contributed by atoms with Gasteiger partial charge in [-0.3, -0.25) is 4.90 Å². The maximum atomic E-state index is 14.0. The van der Waals surface area contributed by atoms with E-state index in [9.17, 15) is 9.18 Å². The number of likely N-dealkylation sites (tertiary alicyclic amines) is 1. The number of hydrogen-bond donors (Lipinski definition) is 0. The number of pyridine rings is 1. The number of esters is 1. The molecule has 3 aromatic rings. The minimum absolute atomic E-state index is 0.0958. The molecule has 9 heteroatoms. The molecule has 1 aliphatic heterocycles. The maximum Gasteiger partial charge on any atom is 0.330 e. The van der Waals surface area contributed by atoms with Gasteiger partial charge < -0.3 is 14.0 Å². The summed E-state index contributed by atoms with van der Waals surface area (Å²) in [5.74, 6) is 1.02. The van der Waals surface area contributed by atoms with Crippen LogP contribution in [-0.4, -0.2) is 45.1 Å². The number of benzene rings is 1. The third kappa shape index (κ3) is 6.71. The van der Waals surface area contributed by atoms with Crippen molar-refractivity contribution in [1.82, 2.24) is 19.4 Å². The molecule has 1 fully saturated rings. The molecule has 0 bridgehead atoms. The number of piperidine rings is 1. The van der Waals surface area contributed by atoms with E-state index in [0.29, 0.717) is 29.0 Å². The standard InChI is InChI=1S/C27H30ClFN4O3/c1-3-35-27(34)10-9-22-16-30-25(32(22)2)17-33-13-11-19(12-14-33)24-5-4-6-26(31-24)36-18-20-7-8-21(28)15-23(20)29/h4-10,15-16,19H,3,11-14,17-18H2,1-2H3/b10-9+. The molecule has 7 nitrogen and oxygen atoms in total. The molecule has 0 N–H and O–H groups in total. The third-order valence-electron chi connectivity index (χ3n) is 6.30. The molecule has 1 saturated heterocycles. The molecule has 0 aliphatic carbocycles. The topological polar surface area (TPSA) is 69.5 Å². The van der Waals surface area contributed by atoms with Crippen LogP contribution in [0.3, 0.4) is 0 Å². The maximum absolute atomic E-state index is 14.0. The first-order valence-corrected chi connectivity index (χ1v) is 12.4. The van der Waals surface area contributed by atoms with E-state index in [4.69, 9.17) is 21.1 Å². The molecule has 3 heterocycles. The van der Waals surface area contributed by atoms with Crippen molar-refractivity contribution in [2.75, 3.05) is 19.7 Å². The van der Waals surface area contributed by atoms with Crippen molar-refractivity contribution in [1.29, 1.82) is 0 Å². The average Bonchev–Trinajstić information content (AvgIpc) is 3.22. The van der Waals surface area contributed by atoms with Gasteiger partial charge in [0.15, 0.2) is 0 Å². The molecule has 1 aromatic carbocycles. The summed E-state index contributed by atoms with van der Waals surface area (Å²) in [4.78, 5) is 23.2. The fraction of sp³-hybridized carbons (Fsp3) is 0.370. The largest absolute Gasteiger partial charge is 0.473 e. The highest BCUT2D eigenvalue weighted by Crippen LogP contribution is 2.29. The molecule has 0 saturated carbocycles. The summed E-state index contributed by atoms with van der Waals surface area (Å²) in [6.45, 7) is 4.82. The van der Waals surface area contributed by atoms with Crippen LogP contribution in [-0.2, 0) is 29.7 Å². The molecular formula is C27H30ClFN4O3. The molecule has 190 valence electrons. The van der Waals surface area contributed by atoms with E-state index in [-0.39, 0.29) is 18.4 Å². The average molecular weight is 513 g/mol. The number of hydrogen-bond acceptors (Lipinski definition) is 6. The molecule has 0 unspecified atom stereocenters. The number of imidazole rings is 1. The lowest BCUT2D eigenvalue weighted by Crippen LogP contribution is -2.33. The summed E-state index contributed by atoms with van der Waals surface area (Å²) >= 11 is 5.82. The van der Waals surface area contributed by atoms with Crippen molar-refractivity contribution in [3.63, 3.8) is 0 Å². The second kappa shape index (κ2) is 12.1. The molecule has 0 atom stereocenters. The molecule has 1 aliphatic rings. The predicted molar refractivity (Wildman–Crippen MR) is 136 cm³/mol. The summed E-state index contributed by atoms with van der Waals surface area (Å²) < 4.78 is 26.7. The fourth-order valence-electron chi connectivity index (χ4n) is 4.22. The fourth-order valence-corrected chi connectivity index (χ4v) is 4.38.